The standard InChI is InChI=1S/C13H17F3N2O2/c1-12(2)8-18(6-9(7-19)20-12)11-5-3-4-10(17-11)13(14,15)16/h3-5,9,19H,6-8H2,1-2H3. The molecule has 0 amide bonds. The van der Waals surface area contributed by atoms with Crippen molar-refractivity contribution in [3.8, 4) is 0 Å². The van der Waals surface area contributed by atoms with Gasteiger partial charge in [0, 0.05) is 13.1 Å². The molecule has 2 heterocycles. The van der Waals surface area contributed by atoms with Gasteiger partial charge in [0.25, 0.3) is 0 Å². The smallest absolute Gasteiger partial charge is 0.394 e. The Morgan fingerprint density at radius 2 is 2.15 bits per heavy atom. The largest absolute Gasteiger partial charge is 0.433 e. The normalized spacial score (nSPS) is 22.9. The Labute approximate surface area is 115 Å². The molecular weight excluding hydrogens is 273 g/mol. The third kappa shape index (κ3) is 3.40. The molecule has 0 aliphatic carbocycles. The number of anilines is 1. The first kappa shape index (κ1) is 15.1. The zero-order valence-corrected chi connectivity index (χ0v) is 11.3. The van der Waals surface area contributed by atoms with Crippen LogP contribution in [0.4, 0.5) is 19.0 Å². The average Bonchev–Trinajstić information content (AvgIpc) is 2.36. The summed E-state index contributed by atoms with van der Waals surface area (Å²) in [6.07, 6.45) is -4.90. The third-order valence-corrected chi connectivity index (χ3v) is 3.03. The van der Waals surface area contributed by atoms with Crippen LogP contribution in [-0.2, 0) is 10.9 Å². The van der Waals surface area contributed by atoms with Crippen LogP contribution in [0.15, 0.2) is 18.2 Å². The number of morpholine rings is 1. The molecule has 1 atom stereocenters. The molecule has 1 saturated heterocycles. The molecule has 7 heteroatoms. The molecule has 1 aromatic heterocycles. The van der Waals surface area contributed by atoms with Crippen LogP contribution in [0.5, 0.6) is 0 Å². The van der Waals surface area contributed by atoms with Crippen LogP contribution < -0.4 is 4.90 Å². The first-order chi connectivity index (χ1) is 9.21. The van der Waals surface area contributed by atoms with Gasteiger partial charge in [-0.3, -0.25) is 0 Å². The van der Waals surface area contributed by atoms with Gasteiger partial charge in [-0.25, -0.2) is 4.98 Å². The van der Waals surface area contributed by atoms with Gasteiger partial charge in [0.1, 0.15) is 11.5 Å². The zero-order valence-electron chi connectivity index (χ0n) is 11.3. The summed E-state index contributed by atoms with van der Waals surface area (Å²) < 4.78 is 43.7. The van der Waals surface area contributed by atoms with Crippen LogP contribution in [0.2, 0.25) is 0 Å². The maximum atomic E-state index is 12.7. The quantitative estimate of drug-likeness (QED) is 0.906. The first-order valence-electron chi connectivity index (χ1n) is 6.29. The number of aromatic nitrogens is 1. The molecule has 1 aliphatic rings. The number of pyridine rings is 1. The van der Waals surface area contributed by atoms with E-state index in [4.69, 9.17) is 4.74 Å². The van der Waals surface area contributed by atoms with E-state index in [2.05, 4.69) is 4.98 Å². The highest BCUT2D eigenvalue weighted by atomic mass is 19.4. The minimum atomic E-state index is -4.46. The number of aliphatic hydroxyl groups excluding tert-OH is 1. The summed E-state index contributed by atoms with van der Waals surface area (Å²) in [5.41, 5.74) is -1.47. The first-order valence-corrected chi connectivity index (χ1v) is 6.29. The van der Waals surface area contributed by atoms with Crippen molar-refractivity contribution in [1.82, 2.24) is 4.98 Å². The van der Waals surface area contributed by atoms with Crippen molar-refractivity contribution in [3.05, 3.63) is 23.9 Å². The number of alkyl halides is 3. The molecule has 0 spiro atoms. The molecule has 1 aliphatic heterocycles. The van der Waals surface area contributed by atoms with E-state index >= 15 is 0 Å². The molecule has 4 nitrogen and oxygen atoms in total. The Bertz CT molecular complexity index is 477. The van der Waals surface area contributed by atoms with Gasteiger partial charge >= 0.3 is 6.18 Å². The third-order valence-electron chi connectivity index (χ3n) is 3.03. The molecule has 112 valence electrons. The number of aliphatic hydroxyl groups is 1. The van der Waals surface area contributed by atoms with E-state index < -0.39 is 23.6 Å². The van der Waals surface area contributed by atoms with E-state index in [9.17, 15) is 18.3 Å². The highest BCUT2D eigenvalue weighted by Gasteiger charge is 2.36. The van der Waals surface area contributed by atoms with Gasteiger partial charge in [-0.05, 0) is 26.0 Å². The second-order valence-electron chi connectivity index (χ2n) is 5.44. The van der Waals surface area contributed by atoms with Gasteiger partial charge < -0.3 is 14.7 Å². The lowest BCUT2D eigenvalue weighted by Crippen LogP contribution is -2.54. The molecule has 0 aromatic carbocycles. The molecular formula is C13H17F3N2O2. The molecule has 2 rings (SSSR count). The van der Waals surface area contributed by atoms with Gasteiger partial charge in [-0.1, -0.05) is 6.07 Å². The van der Waals surface area contributed by atoms with Gasteiger partial charge in [-0.2, -0.15) is 13.2 Å². The number of nitrogens with zero attached hydrogens (tertiary/aromatic N) is 2. The van der Waals surface area contributed by atoms with E-state index in [1.54, 1.807) is 4.90 Å². The number of rotatable bonds is 2. The minimum Gasteiger partial charge on any atom is -0.394 e. The minimum absolute atomic E-state index is 0.182. The number of ether oxygens (including phenoxy) is 1. The predicted octanol–water partition coefficient (Wildman–Crippen LogP) is 2.08. The monoisotopic (exact) mass is 290 g/mol. The van der Waals surface area contributed by atoms with Crippen LogP contribution in [0.3, 0.4) is 0 Å². The summed E-state index contributed by atoms with van der Waals surface area (Å²) in [7, 11) is 0. The highest BCUT2D eigenvalue weighted by molar-refractivity contribution is 5.41. The maximum absolute atomic E-state index is 12.7. The number of hydrogen-bond acceptors (Lipinski definition) is 4. The summed E-state index contributed by atoms with van der Waals surface area (Å²) in [5, 5.41) is 9.22. The Morgan fingerprint density at radius 1 is 1.45 bits per heavy atom. The summed E-state index contributed by atoms with van der Waals surface area (Å²) in [6.45, 7) is 4.20. The molecule has 1 aromatic rings. The summed E-state index contributed by atoms with van der Waals surface area (Å²) in [4.78, 5) is 5.37. The lowest BCUT2D eigenvalue weighted by molar-refractivity contribution is -0.141. The van der Waals surface area contributed by atoms with Crippen LogP contribution in [0.1, 0.15) is 19.5 Å². The second-order valence-corrected chi connectivity index (χ2v) is 5.44. The topological polar surface area (TPSA) is 45.6 Å². The van der Waals surface area contributed by atoms with E-state index in [1.165, 1.54) is 12.1 Å². The fourth-order valence-corrected chi connectivity index (χ4v) is 2.32. The van der Waals surface area contributed by atoms with Crippen LogP contribution in [-0.4, -0.2) is 41.5 Å². The summed E-state index contributed by atoms with van der Waals surface area (Å²) in [6, 6.07) is 3.81. The van der Waals surface area contributed by atoms with Crippen molar-refractivity contribution in [3.63, 3.8) is 0 Å². The lowest BCUT2D eigenvalue weighted by atomic mass is 10.1. The molecule has 1 unspecified atom stereocenters. The summed E-state index contributed by atoms with van der Waals surface area (Å²) in [5.74, 6) is 0.245. The average molecular weight is 290 g/mol. The predicted molar refractivity (Wildman–Crippen MR) is 67.5 cm³/mol. The van der Waals surface area contributed by atoms with E-state index in [-0.39, 0.29) is 12.4 Å². The Kier molecular flexibility index (Phi) is 3.93. The van der Waals surface area contributed by atoms with Gasteiger partial charge in [0.2, 0.25) is 0 Å². The molecule has 0 radical (unpaired) electrons. The second kappa shape index (κ2) is 5.21. The lowest BCUT2D eigenvalue weighted by Gasteiger charge is -2.42. The molecule has 0 saturated carbocycles. The maximum Gasteiger partial charge on any atom is 0.433 e. The highest BCUT2D eigenvalue weighted by Crippen LogP contribution is 2.30. The Balaban J connectivity index is 2.26. The fourth-order valence-electron chi connectivity index (χ4n) is 2.32. The van der Waals surface area contributed by atoms with Crippen molar-refractivity contribution in [1.29, 1.82) is 0 Å². The Hall–Kier alpha value is -1.34. The SMILES string of the molecule is CC1(C)CN(c2cccc(C(F)(F)F)n2)CC(CO)O1. The summed E-state index contributed by atoms with van der Waals surface area (Å²) >= 11 is 0. The van der Waals surface area contributed by atoms with Crippen LogP contribution in [0, 0.1) is 0 Å². The zero-order chi connectivity index (χ0) is 15.0. The van der Waals surface area contributed by atoms with Gasteiger partial charge in [0.05, 0.1) is 18.3 Å². The number of hydrogen-bond donors (Lipinski definition) is 1. The molecule has 1 fully saturated rings. The Morgan fingerprint density at radius 3 is 2.75 bits per heavy atom. The molecule has 20 heavy (non-hydrogen) atoms. The number of halogens is 3. The van der Waals surface area contributed by atoms with E-state index in [0.29, 0.717) is 13.1 Å². The molecule has 0 bridgehead atoms. The van der Waals surface area contributed by atoms with Crippen LogP contribution in [0.25, 0.3) is 0 Å². The van der Waals surface area contributed by atoms with Crippen molar-refractivity contribution in [2.24, 2.45) is 0 Å². The van der Waals surface area contributed by atoms with E-state index in [0.717, 1.165) is 6.07 Å². The van der Waals surface area contributed by atoms with Crippen molar-refractivity contribution >= 4 is 5.82 Å². The van der Waals surface area contributed by atoms with Gasteiger partial charge in [0.15, 0.2) is 0 Å². The van der Waals surface area contributed by atoms with Crippen molar-refractivity contribution < 1.29 is 23.0 Å². The van der Waals surface area contributed by atoms with Crippen molar-refractivity contribution in [2.45, 2.75) is 31.7 Å². The van der Waals surface area contributed by atoms with Crippen molar-refractivity contribution in [2.75, 3.05) is 24.6 Å². The molecule has 1 N–H and O–H groups in total. The van der Waals surface area contributed by atoms with Crippen LogP contribution >= 0.6 is 0 Å². The fraction of sp³-hybridized carbons (Fsp3) is 0.615. The van der Waals surface area contributed by atoms with Gasteiger partial charge in [-0.15, -0.1) is 0 Å². The van der Waals surface area contributed by atoms with E-state index in [1.807, 2.05) is 13.8 Å².